The van der Waals surface area contributed by atoms with Gasteiger partial charge < -0.3 is 4.74 Å². The van der Waals surface area contributed by atoms with Gasteiger partial charge in [0.2, 0.25) is 0 Å². The number of allylic oxidation sites excluding steroid dienone is 7. The second kappa shape index (κ2) is 10.9. The molecule has 0 aliphatic heterocycles. The topological polar surface area (TPSA) is 9.23 Å². The van der Waals surface area contributed by atoms with Crippen LogP contribution in [-0.4, -0.2) is 7.11 Å². The third kappa shape index (κ3) is 7.21. The Morgan fingerprint density at radius 1 is 0.958 bits per heavy atom. The van der Waals surface area contributed by atoms with Crippen molar-refractivity contribution in [3.05, 3.63) is 72.1 Å². The number of hydrogen-bond acceptors (Lipinski definition) is 1. The lowest BCUT2D eigenvalue weighted by Crippen LogP contribution is -2.01. The Morgan fingerprint density at radius 3 is 2.04 bits per heavy atom. The molecule has 0 fully saturated rings. The van der Waals surface area contributed by atoms with Gasteiger partial charge in [0.1, 0.15) is 5.76 Å². The van der Waals surface area contributed by atoms with Crippen LogP contribution in [0.3, 0.4) is 0 Å². The number of ether oxygens (including phenoxy) is 1. The van der Waals surface area contributed by atoms with E-state index in [-0.39, 0.29) is 0 Å². The van der Waals surface area contributed by atoms with Crippen molar-refractivity contribution in [3.8, 4) is 0 Å². The van der Waals surface area contributed by atoms with Gasteiger partial charge in [-0.05, 0) is 54.4 Å². The fourth-order valence-electron chi connectivity index (χ4n) is 2.23. The Labute approximate surface area is 150 Å². The van der Waals surface area contributed by atoms with Crippen LogP contribution < -0.4 is 0 Å². The lowest BCUT2D eigenvalue weighted by atomic mass is 9.91. The van der Waals surface area contributed by atoms with Gasteiger partial charge in [-0.3, -0.25) is 0 Å². The molecule has 0 amide bonds. The minimum Gasteiger partial charge on any atom is -0.497 e. The molecule has 0 aromatic carbocycles. The summed E-state index contributed by atoms with van der Waals surface area (Å²) >= 11 is 0. The first-order valence-electron chi connectivity index (χ1n) is 8.81. The highest BCUT2D eigenvalue weighted by Gasteiger charge is 2.09. The summed E-state index contributed by atoms with van der Waals surface area (Å²) in [4.78, 5) is 0. The summed E-state index contributed by atoms with van der Waals surface area (Å²) in [5, 5.41) is 0. The van der Waals surface area contributed by atoms with Gasteiger partial charge in [-0.2, -0.15) is 0 Å². The average molecular weight is 329 g/mol. The van der Waals surface area contributed by atoms with E-state index in [1.807, 2.05) is 19.9 Å². The quantitative estimate of drug-likeness (QED) is 0.288. The summed E-state index contributed by atoms with van der Waals surface area (Å²) in [7, 11) is 1.63. The highest BCUT2D eigenvalue weighted by Crippen LogP contribution is 2.25. The standard InChI is InChI=1S/C23H36O/c1-11-16(2)12-13-17(3)18(4)14-15-19(5)20(6)21(7)22(8)23(9)24-10/h14-17H,4-6,9,11-13H2,1-3,7-8,10H3/b15-14-,22-21-. The van der Waals surface area contributed by atoms with Gasteiger partial charge in [-0.15, -0.1) is 0 Å². The van der Waals surface area contributed by atoms with E-state index < -0.39 is 0 Å². The normalized spacial score (nSPS) is 14.8. The largest absolute Gasteiger partial charge is 0.497 e. The number of rotatable bonds is 11. The molecule has 24 heavy (non-hydrogen) atoms. The highest BCUT2D eigenvalue weighted by molar-refractivity contribution is 5.52. The summed E-state index contributed by atoms with van der Waals surface area (Å²) in [6.45, 7) is 27.2. The molecule has 0 spiro atoms. The maximum Gasteiger partial charge on any atom is 0.114 e. The van der Waals surface area contributed by atoms with Crippen LogP contribution in [-0.2, 0) is 4.74 Å². The lowest BCUT2D eigenvalue weighted by molar-refractivity contribution is 0.302. The van der Waals surface area contributed by atoms with E-state index in [2.05, 4.69) is 53.2 Å². The fraction of sp³-hybridized carbons (Fsp3) is 0.478. The first-order chi connectivity index (χ1) is 11.1. The van der Waals surface area contributed by atoms with Crippen molar-refractivity contribution < 1.29 is 4.74 Å². The lowest BCUT2D eigenvalue weighted by Gasteiger charge is -2.15. The molecule has 0 aromatic heterocycles. The van der Waals surface area contributed by atoms with Crippen LogP contribution in [0, 0.1) is 11.8 Å². The van der Waals surface area contributed by atoms with Gasteiger partial charge in [0, 0.05) is 0 Å². The molecule has 0 saturated carbocycles. The average Bonchev–Trinajstić information content (AvgIpc) is 2.60. The molecular weight excluding hydrogens is 292 g/mol. The van der Waals surface area contributed by atoms with Gasteiger partial charge in [0.05, 0.1) is 7.11 Å². The van der Waals surface area contributed by atoms with Crippen molar-refractivity contribution >= 4 is 0 Å². The predicted molar refractivity (Wildman–Crippen MR) is 109 cm³/mol. The Morgan fingerprint density at radius 2 is 1.54 bits per heavy atom. The first-order valence-corrected chi connectivity index (χ1v) is 8.81. The smallest absolute Gasteiger partial charge is 0.114 e. The van der Waals surface area contributed by atoms with Crippen molar-refractivity contribution in [3.63, 3.8) is 0 Å². The van der Waals surface area contributed by atoms with Crippen LogP contribution in [0.4, 0.5) is 0 Å². The van der Waals surface area contributed by atoms with E-state index in [9.17, 15) is 0 Å². The molecule has 0 aromatic rings. The van der Waals surface area contributed by atoms with Crippen LogP contribution in [0.15, 0.2) is 72.1 Å². The minimum atomic E-state index is 0.489. The molecule has 1 nitrogen and oxygen atoms in total. The monoisotopic (exact) mass is 328 g/mol. The van der Waals surface area contributed by atoms with Gasteiger partial charge in [0.15, 0.2) is 0 Å². The summed E-state index contributed by atoms with van der Waals surface area (Å²) in [5.74, 6) is 1.93. The van der Waals surface area contributed by atoms with Gasteiger partial charge in [-0.25, -0.2) is 0 Å². The fourth-order valence-corrected chi connectivity index (χ4v) is 2.23. The molecule has 2 atom stereocenters. The maximum atomic E-state index is 5.19. The third-order valence-electron chi connectivity index (χ3n) is 4.99. The van der Waals surface area contributed by atoms with Crippen molar-refractivity contribution in [2.75, 3.05) is 7.11 Å². The zero-order chi connectivity index (χ0) is 18.9. The van der Waals surface area contributed by atoms with E-state index in [4.69, 9.17) is 4.74 Å². The van der Waals surface area contributed by atoms with E-state index in [1.54, 1.807) is 7.11 Å². The maximum absolute atomic E-state index is 5.19. The number of hydrogen-bond donors (Lipinski definition) is 0. The summed E-state index contributed by atoms with van der Waals surface area (Å²) in [5.41, 5.74) is 4.99. The van der Waals surface area contributed by atoms with Crippen molar-refractivity contribution in [2.45, 2.75) is 53.9 Å². The highest BCUT2D eigenvalue weighted by atomic mass is 16.5. The molecule has 0 bridgehead atoms. The second-order valence-electron chi connectivity index (χ2n) is 6.78. The van der Waals surface area contributed by atoms with E-state index in [0.29, 0.717) is 11.7 Å². The molecular formula is C23H36O. The zero-order valence-corrected chi connectivity index (χ0v) is 16.7. The Hall–Kier alpha value is -1.76. The molecule has 1 heteroatoms. The molecule has 0 saturated heterocycles. The minimum absolute atomic E-state index is 0.489. The van der Waals surface area contributed by atoms with E-state index >= 15 is 0 Å². The zero-order valence-electron chi connectivity index (χ0n) is 16.7. The van der Waals surface area contributed by atoms with Crippen LogP contribution >= 0.6 is 0 Å². The number of methoxy groups -OCH3 is 1. The van der Waals surface area contributed by atoms with Crippen LogP contribution in [0.5, 0.6) is 0 Å². The summed E-state index contributed by atoms with van der Waals surface area (Å²) in [6, 6.07) is 0. The second-order valence-corrected chi connectivity index (χ2v) is 6.78. The summed E-state index contributed by atoms with van der Waals surface area (Å²) in [6.07, 6.45) is 7.75. The molecule has 0 N–H and O–H groups in total. The van der Waals surface area contributed by atoms with E-state index in [1.165, 1.54) is 19.3 Å². The van der Waals surface area contributed by atoms with E-state index in [0.717, 1.165) is 33.8 Å². The van der Waals surface area contributed by atoms with Gasteiger partial charge >= 0.3 is 0 Å². The molecule has 0 heterocycles. The molecule has 0 aliphatic rings. The molecule has 0 aliphatic carbocycles. The van der Waals surface area contributed by atoms with Crippen LogP contribution in [0.2, 0.25) is 0 Å². The van der Waals surface area contributed by atoms with Crippen molar-refractivity contribution in [1.29, 1.82) is 0 Å². The predicted octanol–water partition coefficient (Wildman–Crippen LogP) is 7.17. The van der Waals surface area contributed by atoms with Crippen molar-refractivity contribution in [2.24, 2.45) is 11.8 Å². The molecule has 0 radical (unpaired) electrons. The van der Waals surface area contributed by atoms with Crippen molar-refractivity contribution in [1.82, 2.24) is 0 Å². The molecule has 134 valence electrons. The Kier molecular flexibility index (Phi) is 10.1. The molecule has 2 unspecified atom stereocenters. The Bertz CT molecular complexity index is 542. The van der Waals surface area contributed by atoms with Crippen LogP contribution in [0.25, 0.3) is 0 Å². The SMILES string of the molecule is C=C(/C=C\C(=C)C(C)CCC(C)CC)C(=C)/C(C)=C(/C)C(=C)OC. The first kappa shape index (κ1) is 22.2. The molecule has 0 rings (SSSR count). The van der Waals surface area contributed by atoms with Gasteiger partial charge in [-0.1, -0.05) is 77.7 Å². The Balaban J connectivity index is 4.80. The third-order valence-corrected chi connectivity index (χ3v) is 4.99. The van der Waals surface area contributed by atoms with Gasteiger partial charge in [0.25, 0.3) is 0 Å². The van der Waals surface area contributed by atoms with Crippen LogP contribution in [0.1, 0.15) is 53.9 Å². The summed E-state index contributed by atoms with van der Waals surface area (Å²) < 4.78 is 5.19.